The minimum Gasteiger partial charge on any atom is -0.477 e. The first kappa shape index (κ1) is 14.1. The predicted molar refractivity (Wildman–Crippen MR) is 84.7 cm³/mol. The first-order valence-corrected chi connectivity index (χ1v) is 8.07. The molecular formula is C16H11FO2S2. The number of halogens is 1. The Balaban J connectivity index is 1.95. The van der Waals surface area contributed by atoms with Gasteiger partial charge in [-0.2, -0.15) is 0 Å². The van der Waals surface area contributed by atoms with Gasteiger partial charge in [0.15, 0.2) is 0 Å². The van der Waals surface area contributed by atoms with Crippen LogP contribution in [0.5, 0.6) is 0 Å². The number of carboxylic acid groups (broad SMARTS) is 1. The van der Waals surface area contributed by atoms with E-state index in [0.29, 0.717) is 10.6 Å². The molecule has 0 spiro atoms. The Morgan fingerprint density at radius 1 is 1.19 bits per heavy atom. The number of thiophene rings is 1. The molecule has 106 valence electrons. The maximum absolute atomic E-state index is 13.2. The molecule has 3 rings (SSSR count). The number of rotatable bonds is 4. The average molecular weight is 318 g/mol. The van der Waals surface area contributed by atoms with Crippen LogP contribution in [0.2, 0.25) is 0 Å². The Labute approximate surface area is 129 Å². The molecule has 1 heterocycles. The van der Waals surface area contributed by atoms with Gasteiger partial charge in [-0.1, -0.05) is 24.3 Å². The minimum absolute atomic E-state index is 0.284. The maximum Gasteiger partial charge on any atom is 0.346 e. The van der Waals surface area contributed by atoms with E-state index in [4.69, 9.17) is 0 Å². The van der Waals surface area contributed by atoms with Crippen LogP contribution in [0.15, 0.2) is 53.4 Å². The lowest BCUT2D eigenvalue weighted by molar-refractivity contribution is 0.0701. The van der Waals surface area contributed by atoms with Crippen molar-refractivity contribution < 1.29 is 14.3 Å². The van der Waals surface area contributed by atoms with E-state index in [1.54, 1.807) is 6.07 Å². The monoisotopic (exact) mass is 318 g/mol. The normalized spacial score (nSPS) is 10.9. The zero-order valence-corrected chi connectivity index (χ0v) is 12.5. The van der Waals surface area contributed by atoms with Crippen LogP contribution in [0, 0.1) is 5.82 Å². The van der Waals surface area contributed by atoms with Crippen molar-refractivity contribution in [3.8, 4) is 0 Å². The van der Waals surface area contributed by atoms with Crippen molar-refractivity contribution in [1.29, 1.82) is 0 Å². The van der Waals surface area contributed by atoms with E-state index < -0.39 is 5.97 Å². The number of hydrogen-bond acceptors (Lipinski definition) is 3. The number of carboxylic acids is 1. The molecule has 0 unspecified atom stereocenters. The number of fused-ring (bicyclic) bond motifs is 1. The van der Waals surface area contributed by atoms with E-state index in [9.17, 15) is 14.3 Å². The van der Waals surface area contributed by atoms with Gasteiger partial charge in [0.2, 0.25) is 0 Å². The molecule has 5 heteroatoms. The molecule has 0 atom stereocenters. The molecule has 0 aliphatic rings. The van der Waals surface area contributed by atoms with E-state index in [-0.39, 0.29) is 5.82 Å². The molecule has 1 aromatic heterocycles. The van der Waals surface area contributed by atoms with E-state index in [2.05, 4.69) is 0 Å². The Hall–Kier alpha value is -1.85. The molecule has 1 N–H and O–H groups in total. The lowest BCUT2D eigenvalue weighted by Crippen LogP contribution is -1.96. The number of hydrogen-bond donors (Lipinski definition) is 1. The smallest absolute Gasteiger partial charge is 0.346 e. The minimum atomic E-state index is -0.911. The third-order valence-electron chi connectivity index (χ3n) is 3.07. The second kappa shape index (κ2) is 5.87. The molecule has 2 aromatic carbocycles. The average Bonchev–Trinajstić information content (AvgIpc) is 2.84. The lowest BCUT2D eigenvalue weighted by Gasteiger charge is -2.03. The first-order chi connectivity index (χ1) is 10.1. The summed E-state index contributed by atoms with van der Waals surface area (Å²) in [5.74, 6) is -0.686. The molecule has 2 nitrogen and oxygen atoms in total. The van der Waals surface area contributed by atoms with E-state index in [0.717, 1.165) is 20.5 Å². The highest BCUT2D eigenvalue weighted by molar-refractivity contribution is 7.98. The second-order valence-corrected chi connectivity index (χ2v) is 6.56. The van der Waals surface area contributed by atoms with Crippen LogP contribution in [0.4, 0.5) is 4.39 Å². The van der Waals surface area contributed by atoms with Crippen molar-refractivity contribution in [2.75, 3.05) is 0 Å². The summed E-state index contributed by atoms with van der Waals surface area (Å²) < 4.78 is 14.2. The van der Waals surface area contributed by atoms with Gasteiger partial charge >= 0.3 is 5.97 Å². The predicted octanol–water partition coefficient (Wildman–Crippen LogP) is 5.03. The molecule has 21 heavy (non-hydrogen) atoms. The Morgan fingerprint density at radius 2 is 2.00 bits per heavy atom. The van der Waals surface area contributed by atoms with Crippen LogP contribution < -0.4 is 0 Å². The Kier molecular flexibility index (Phi) is 3.94. The van der Waals surface area contributed by atoms with Crippen molar-refractivity contribution in [2.45, 2.75) is 10.6 Å². The van der Waals surface area contributed by atoms with Gasteiger partial charge in [-0.3, -0.25) is 0 Å². The largest absolute Gasteiger partial charge is 0.477 e. The van der Waals surface area contributed by atoms with Gasteiger partial charge in [-0.25, -0.2) is 9.18 Å². The summed E-state index contributed by atoms with van der Waals surface area (Å²) >= 11 is 2.73. The summed E-state index contributed by atoms with van der Waals surface area (Å²) in [7, 11) is 0. The van der Waals surface area contributed by atoms with Gasteiger partial charge in [-0.05, 0) is 35.2 Å². The van der Waals surface area contributed by atoms with Crippen LogP contribution in [0.1, 0.15) is 15.2 Å². The number of thioether (sulfide) groups is 1. The molecule has 0 bridgehead atoms. The fourth-order valence-corrected chi connectivity index (χ4v) is 4.26. The fraction of sp³-hybridized carbons (Fsp3) is 0.0625. The molecule has 0 saturated heterocycles. The van der Waals surface area contributed by atoms with E-state index >= 15 is 0 Å². The van der Waals surface area contributed by atoms with E-state index in [1.807, 2.05) is 30.3 Å². The van der Waals surface area contributed by atoms with Crippen molar-refractivity contribution in [3.63, 3.8) is 0 Å². The van der Waals surface area contributed by atoms with Gasteiger partial charge in [0.1, 0.15) is 10.7 Å². The molecule has 0 aliphatic heterocycles. The van der Waals surface area contributed by atoms with Crippen LogP contribution in [-0.2, 0) is 5.75 Å². The van der Waals surface area contributed by atoms with Crippen LogP contribution in [0.25, 0.3) is 10.1 Å². The Morgan fingerprint density at radius 3 is 2.76 bits per heavy atom. The fourth-order valence-electron chi connectivity index (χ4n) is 2.13. The van der Waals surface area contributed by atoms with Gasteiger partial charge in [0.25, 0.3) is 0 Å². The highest BCUT2D eigenvalue weighted by atomic mass is 32.2. The second-order valence-electron chi connectivity index (χ2n) is 4.46. The van der Waals surface area contributed by atoms with Crippen molar-refractivity contribution in [3.05, 3.63) is 64.8 Å². The van der Waals surface area contributed by atoms with Gasteiger partial charge in [0.05, 0.1) is 0 Å². The quantitative estimate of drug-likeness (QED) is 0.685. The molecule has 3 aromatic rings. The summed E-state index contributed by atoms with van der Waals surface area (Å²) in [4.78, 5) is 12.6. The SMILES string of the molecule is O=C(O)c1sc2ccccc2c1CSc1cccc(F)c1. The highest BCUT2D eigenvalue weighted by Crippen LogP contribution is 2.35. The molecule has 0 aliphatic carbocycles. The number of aromatic carboxylic acids is 1. The summed E-state index contributed by atoms with van der Waals surface area (Å²) in [5.41, 5.74) is 0.803. The molecule has 0 amide bonds. The van der Waals surface area contributed by atoms with Crippen molar-refractivity contribution in [2.24, 2.45) is 0 Å². The first-order valence-electron chi connectivity index (χ1n) is 6.27. The number of benzene rings is 2. The maximum atomic E-state index is 13.2. The van der Waals surface area contributed by atoms with Gasteiger partial charge in [-0.15, -0.1) is 23.1 Å². The summed E-state index contributed by atoms with van der Waals surface area (Å²) in [6, 6.07) is 14.0. The van der Waals surface area contributed by atoms with Crippen LogP contribution >= 0.6 is 23.1 Å². The summed E-state index contributed by atoms with van der Waals surface area (Å²) in [5, 5.41) is 10.3. The standard InChI is InChI=1S/C16H11FO2S2/c17-10-4-3-5-11(8-10)20-9-13-12-6-1-2-7-14(12)21-15(13)16(18)19/h1-8H,9H2,(H,18,19). The van der Waals surface area contributed by atoms with Gasteiger partial charge in [0, 0.05) is 15.3 Å². The lowest BCUT2D eigenvalue weighted by atomic mass is 10.1. The Bertz CT molecular complexity index is 811. The third kappa shape index (κ3) is 2.94. The van der Waals surface area contributed by atoms with Gasteiger partial charge < -0.3 is 5.11 Å². The highest BCUT2D eigenvalue weighted by Gasteiger charge is 2.17. The van der Waals surface area contributed by atoms with Crippen molar-refractivity contribution >= 4 is 39.2 Å². The van der Waals surface area contributed by atoms with Crippen LogP contribution in [0.3, 0.4) is 0 Å². The zero-order valence-electron chi connectivity index (χ0n) is 10.9. The van der Waals surface area contributed by atoms with Crippen molar-refractivity contribution in [1.82, 2.24) is 0 Å². The molecule has 0 fully saturated rings. The summed E-state index contributed by atoms with van der Waals surface area (Å²) in [6.45, 7) is 0. The third-order valence-corrected chi connectivity index (χ3v) is 5.29. The van der Waals surface area contributed by atoms with E-state index in [1.165, 1.54) is 35.2 Å². The molecule has 0 saturated carbocycles. The number of carbonyl (C=O) groups is 1. The molecular weight excluding hydrogens is 307 g/mol. The van der Waals surface area contributed by atoms with Crippen LogP contribution in [-0.4, -0.2) is 11.1 Å². The topological polar surface area (TPSA) is 37.3 Å². The molecule has 0 radical (unpaired) electrons. The zero-order chi connectivity index (χ0) is 14.8. The summed E-state index contributed by atoms with van der Waals surface area (Å²) in [6.07, 6.45) is 0.